The Balaban J connectivity index is 1.61. The van der Waals surface area contributed by atoms with Gasteiger partial charge in [-0.05, 0) is 35.2 Å². The summed E-state index contributed by atoms with van der Waals surface area (Å²) in [6.45, 7) is 0. The van der Waals surface area contributed by atoms with Crippen LogP contribution in [0.1, 0.15) is 5.56 Å². The quantitative estimate of drug-likeness (QED) is 0.713. The monoisotopic (exact) mass is 343 g/mol. The highest BCUT2D eigenvalue weighted by Crippen LogP contribution is 2.25. The molecule has 0 bridgehead atoms. The number of thiophene rings is 1. The van der Waals surface area contributed by atoms with Gasteiger partial charge in [-0.2, -0.15) is 9.36 Å². The molecule has 116 valence electrons. The number of hydrogen-bond acceptors (Lipinski definition) is 6. The van der Waals surface area contributed by atoms with Crippen LogP contribution in [0.2, 0.25) is 0 Å². The second-order valence-electron chi connectivity index (χ2n) is 4.50. The van der Waals surface area contributed by atoms with Crippen LogP contribution in [0.3, 0.4) is 0 Å². The maximum Gasteiger partial charge on any atom is 0.250 e. The van der Waals surface area contributed by atoms with E-state index < -0.39 is 0 Å². The van der Waals surface area contributed by atoms with Crippen molar-refractivity contribution in [2.24, 2.45) is 0 Å². The van der Waals surface area contributed by atoms with E-state index in [-0.39, 0.29) is 5.91 Å². The smallest absolute Gasteiger partial charge is 0.250 e. The standard InChI is InChI=1S/C16H13N3O2S2/c1-21-12-7-4-11(5-8-12)6-9-14(20)17-16-18-15(19-23-16)13-3-2-10-22-13/h2-10H,1H3,(H,17,18,19,20). The molecule has 5 nitrogen and oxygen atoms in total. The molecule has 1 N–H and O–H groups in total. The summed E-state index contributed by atoms with van der Waals surface area (Å²) in [5, 5.41) is 5.16. The van der Waals surface area contributed by atoms with E-state index in [2.05, 4.69) is 14.7 Å². The van der Waals surface area contributed by atoms with Gasteiger partial charge in [-0.3, -0.25) is 10.1 Å². The van der Waals surface area contributed by atoms with Crippen molar-refractivity contribution in [3.05, 3.63) is 53.4 Å². The van der Waals surface area contributed by atoms with Gasteiger partial charge in [-0.25, -0.2) is 0 Å². The minimum Gasteiger partial charge on any atom is -0.497 e. The van der Waals surface area contributed by atoms with Crippen LogP contribution in [-0.4, -0.2) is 22.4 Å². The van der Waals surface area contributed by atoms with E-state index in [0.717, 1.165) is 16.2 Å². The molecular formula is C16H13N3O2S2. The van der Waals surface area contributed by atoms with Gasteiger partial charge >= 0.3 is 0 Å². The summed E-state index contributed by atoms with van der Waals surface area (Å²) in [7, 11) is 1.62. The Bertz CT molecular complexity index is 808. The summed E-state index contributed by atoms with van der Waals surface area (Å²) >= 11 is 2.73. The number of rotatable bonds is 5. The number of nitrogens with zero attached hydrogens (tertiary/aromatic N) is 2. The van der Waals surface area contributed by atoms with Crippen molar-refractivity contribution >= 4 is 40.0 Å². The summed E-state index contributed by atoms with van der Waals surface area (Å²) in [6.07, 6.45) is 3.20. The molecule has 0 saturated carbocycles. The molecule has 2 heterocycles. The summed E-state index contributed by atoms with van der Waals surface area (Å²) in [4.78, 5) is 17.2. The number of carbonyl (C=O) groups excluding carboxylic acids is 1. The van der Waals surface area contributed by atoms with Crippen molar-refractivity contribution in [3.63, 3.8) is 0 Å². The Labute approximate surface area is 141 Å². The molecule has 3 aromatic rings. The van der Waals surface area contributed by atoms with Crippen LogP contribution < -0.4 is 10.1 Å². The predicted molar refractivity (Wildman–Crippen MR) is 93.9 cm³/mol. The Morgan fingerprint density at radius 1 is 1.26 bits per heavy atom. The van der Waals surface area contributed by atoms with Crippen LogP contribution in [-0.2, 0) is 4.79 Å². The molecule has 3 rings (SSSR count). The molecule has 0 aliphatic carbocycles. The number of ether oxygens (including phenoxy) is 1. The van der Waals surface area contributed by atoms with Crippen LogP contribution >= 0.6 is 22.9 Å². The third kappa shape index (κ3) is 4.02. The largest absolute Gasteiger partial charge is 0.497 e. The van der Waals surface area contributed by atoms with Crippen molar-refractivity contribution < 1.29 is 9.53 Å². The van der Waals surface area contributed by atoms with Crippen LogP contribution in [0.25, 0.3) is 16.8 Å². The second-order valence-corrected chi connectivity index (χ2v) is 6.20. The minimum atomic E-state index is -0.241. The molecule has 7 heteroatoms. The number of carbonyl (C=O) groups is 1. The summed E-state index contributed by atoms with van der Waals surface area (Å²) in [6, 6.07) is 11.3. The van der Waals surface area contributed by atoms with E-state index >= 15 is 0 Å². The minimum absolute atomic E-state index is 0.241. The summed E-state index contributed by atoms with van der Waals surface area (Å²) < 4.78 is 9.33. The fraction of sp³-hybridized carbons (Fsp3) is 0.0625. The lowest BCUT2D eigenvalue weighted by atomic mass is 10.2. The number of methoxy groups -OCH3 is 1. The van der Waals surface area contributed by atoms with Crippen LogP contribution in [0, 0.1) is 0 Å². The number of nitrogens with one attached hydrogen (secondary N) is 1. The van der Waals surface area contributed by atoms with Crippen molar-refractivity contribution in [2.45, 2.75) is 0 Å². The highest BCUT2D eigenvalue weighted by molar-refractivity contribution is 7.14. The van der Waals surface area contributed by atoms with Gasteiger partial charge in [0.2, 0.25) is 11.0 Å². The molecule has 0 spiro atoms. The average Bonchev–Trinajstić information content (AvgIpc) is 3.24. The van der Waals surface area contributed by atoms with Gasteiger partial charge in [0.1, 0.15) is 5.75 Å². The van der Waals surface area contributed by atoms with Gasteiger partial charge in [0.05, 0.1) is 12.0 Å². The summed E-state index contributed by atoms with van der Waals surface area (Å²) in [5.41, 5.74) is 0.914. The lowest BCUT2D eigenvalue weighted by Crippen LogP contribution is -2.07. The molecule has 0 aliphatic heterocycles. The third-order valence-corrected chi connectivity index (χ3v) is 4.44. The average molecular weight is 343 g/mol. The van der Waals surface area contributed by atoms with Gasteiger partial charge in [-0.15, -0.1) is 11.3 Å². The lowest BCUT2D eigenvalue weighted by molar-refractivity contribution is -0.111. The van der Waals surface area contributed by atoms with Crippen LogP contribution in [0.15, 0.2) is 47.9 Å². The highest BCUT2D eigenvalue weighted by atomic mass is 32.1. The van der Waals surface area contributed by atoms with E-state index in [9.17, 15) is 4.79 Å². The molecular weight excluding hydrogens is 330 g/mol. The predicted octanol–water partition coefficient (Wildman–Crippen LogP) is 3.93. The normalized spacial score (nSPS) is 10.8. The first-order valence-corrected chi connectivity index (χ1v) is 8.40. The zero-order valence-corrected chi connectivity index (χ0v) is 13.9. The van der Waals surface area contributed by atoms with Crippen molar-refractivity contribution in [1.82, 2.24) is 9.36 Å². The molecule has 0 aliphatic rings. The number of anilines is 1. The van der Waals surface area contributed by atoms with Crippen molar-refractivity contribution in [2.75, 3.05) is 12.4 Å². The molecule has 0 radical (unpaired) electrons. The molecule has 1 aromatic carbocycles. The van der Waals surface area contributed by atoms with Crippen LogP contribution in [0.5, 0.6) is 5.75 Å². The zero-order valence-electron chi connectivity index (χ0n) is 12.2. The molecule has 1 amide bonds. The number of hydrogen-bond donors (Lipinski definition) is 1. The van der Waals surface area contributed by atoms with Crippen molar-refractivity contribution in [1.29, 1.82) is 0 Å². The second kappa shape index (κ2) is 7.17. The van der Waals surface area contributed by atoms with Gasteiger partial charge < -0.3 is 4.74 Å². The maximum atomic E-state index is 11.9. The van der Waals surface area contributed by atoms with E-state index in [4.69, 9.17) is 4.74 Å². The number of aromatic nitrogens is 2. The first kappa shape index (κ1) is 15.4. The first-order valence-electron chi connectivity index (χ1n) is 6.75. The van der Waals surface area contributed by atoms with E-state index in [1.54, 1.807) is 24.5 Å². The van der Waals surface area contributed by atoms with E-state index in [0.29, 0.717) is 11.0 Å². The molecule has 0 saturated heterocycles. The Kier molecular flexibility index (Phi) is 4.80. The Hall–Kier alpha value is -2.51. The van der Waals surface area contributed by atoms with E-state index in [1.807, 2.05) is 41.8 Å². The maximum absolute atomic E-state index is 11.9. The fourth-order valence-corrected chi connectivity index (χ4v) is 3.12. The number of amides is 1. The Morgan fingerprint density at radius 2 is 2.09 bits per heavy atom. The lowest BCUT2D eigenvalue weighted by Gasteiger charge is -1.99. The highest BCUT2D eigenvalue weighted by Gasteiger charge is 2.08. The number of benzene rings is 1. The zero-order chi connectivity index (χ0) is 16.1. The summed E-state index contributed by atoms with van der Waals surface area (Å²) in [5.74, 6) is 1.18. The van der Waals surface area contributed by atoms with Gasteiger partial charge in [0.15, 0.2) is 5.82 Å². The molecule has 23 heavy (non-hydrogen) atoms. The Morgan fingerprint density at radius 3 is 2.78 bits per heavy atom. The first-order chi connectivity index (χ1) is 11.2. The third-order valence-electron chi connectivity index (χ3n) is 2.94. The van der Waals surface area contributed by atoms with Gasteiger partial charge in [0.25, 0.3) is 0 Å². The van der Waals surface area contributed by atoms with Crippen LogP contribution in [0.4, 0.5) is 5.13 Å². The van der Waals surface area contributed by atoms with Gasteiger partial charge in [0, 0.05) is 17.6 Å². The molecule has 0 atom stereocenters. The fourth-order valence-electron chi connectivity index (χ4n) is 1.81. The SMILES string of the molecule is COc1ccc(C=CC(=O)Nc2nc(-c3cccs3)ns2)cc1. The molecule has 0 fully saturated rings. The topological polar surface area (TPSA) is 64.1 Å². The van der Waals surface area contributed by atoms with E-state index in [1.165, 1.54) is 17.6 Å². The molecule has 0 unspecified atom stereocenters. The molecule has 2 aromatic heterocycles. The van der Waals surface area contributed by atoms with Gasteiger partial charge in [-0.1, -0.05) is 18.2 Å². The van der Waals surface area contributed by atoms with Crippen molar-refractivity contribution in [3.8, 4) is 16.5 Å².